The third-order valence-electron chi connectivity index (χ3n) is 3.51. The molecule has 128 valence electrons. The van der Waals surface area contributed by atoms with Crippen LogP contribution in [0, 0.1) is 5.92 Å². The number of benzene rings is 1. The molecule has 23 heavy (non-hydrogen) atoms. The van der Waals surface area contributed by atoms with E-state index in [9.17, 15) is 9.90 Å². The summed E-state index contributed by atoms with van der Waals surface area (Å²) in [5.74, 6) is 0.295. The van der Waals surface area contributed by atoms with Crippen molar-refractivity contribution in [1.82, 2.24) is 0 Å². The van der Waals surface area contributed by atoms with E-state index in [4.69, 9.17) is 14.6 Å². The Kier molecular flexibility index (Phi) is 8.37. The van der Waals surface area contributed by atoms with E-state index in [1.54, 1.807) is 44.2 Å². The molecular formula is C18H26O5. The predicted molar refractivity (Wildman–Crippen MR) is 88.2 cm³/mol. The van der Waals surface area contributed by atoms with E-state index in [-0.39, 0.29) is 25.1 Å². The minimum Gasteiger partial charge on any atom is -0.491 e. The molecule has 0 saturated carbocycles. The minimum absolute atomic E-state index is 0.0342. The predicted octanol–water partition coefficient (Wildman–Crippen LogP) is 2.63. The summed E-state index contributed by atoms with van der Waals surface area (Å²) in [7, 11) is 0. The maximum Gasteiger partial charge on any atom is 0.333 e. The number of rotatable bonds is 9. The van der Waals surface area contributed by atoms with Crippen molar-refractivity contribution in [2.75, 3.05) is 19.8 Å². The van der Waals surface area contributed by atoms with Crippen LogP contribution in [0.3, 0.4) is 0 Å². The molecule has 0 aliphatic heterocycles. The average molecular weight is 322 g/mol. The lowest BCUT2D eigenvalue weighted by atomic mass is 9.94. The Balaban J connectivity index is 2.60. The molecule has 0 radical (unpaired) electrons. The molecule has 1 aromatic rings. The van der Waals surface area contributed by atoms with Crippen molar-refractivity contribution in [2.45, 2.75) is 33.3 Å². The second-order valence-electron chi connectivity index (χ2n) is 5.41. The van der Waals surface area contributed by atoms with Gasteiger partial charge in [-0.05, 0) is 43.9 Å². The third kappa shape index (κ3) is 6.42. The van der Waals surface area contributed by atoms with Crippen LogP contribution in [0.2, 0.25) is 0 Å². The van der Waals surface area contributed by atoms with Crippen molar-refractivity contribution in [3.8, 4) is 5.75 Å². The number of hydrogen-bond acceptors (Lipinski definition) is 5. The van der Waals surface area contributed by atoms with Crippen LogP contribution in [0.4, 0.5) is 0 Å². The molecule has 2 atom stereocenters. The van der Waals surface area contributed by atoms with E-state index < -0.39 is 6.10 Å². The number of carbonyl (C=O) groups excluding carboxylic acids is 1. The van der Waals surface area contributed by atoms with Crippen molar-refractivity contribution in [1.29, 1.82) is 0 Å². The first-order valence-corrected chi connectivity index (χ1v) is 7.85. The van der Waals surface area contributed by atoms with Gasteiger partial charge in [-0.1, -0.05) is 25.1 Å². The van der Waals surface area contributed by atoms with Gasteiger partial charge in [0.05, 0.1) is 19.3 Å². The van der Waals surface area contributed by atoms with Gasteiger partial charge in [0, 0.05) is 5.57 Å². The molecular weight excluding hydrogens is 296 g/mol. The van der Waals surface area contributed by atoms with Crippen molar-refractivity contribution >= 4 is 5.97 Å². The molecule has 0 spiro atoms. The topological polar surface area (TPSA) is 76.0 Å². The third-order valence-corrected chi connectivity index (χ3v) is 3.51. The molecule has 2 N–H and O–H groups in total. The molecule has 0 heterocycles. The fourth-order valence-electron chi connectivity index (χ4n) is 2.07. The lowest BCUT2D eigenvalue weighted by Gasteiger charge is -2.18. The number of aliphatic hydroxyl groups is 2. The number of esters is 1. The molecule has 0 amide bonds. The highest BCUT2D eigenvalue weighted by Crippen LogP contribution is 2.26. The highest BCUT2D eigenvalue weighted by Gasteiger charge is 2.16. The molecule has 0 bridgehead atoms. The van der Waals surface area contributed by atoms with Gasteiger partial charge in [-0.25, -0.2) is 4.79 Å². The Morgan fingerprint density at radius 3 is 2.52 bits per heavy atom. The fourth-order valence-corrected chi connectivity index (χ4v) is 2.07. The van der Waals surface area contributed by atoms with Crippen LogP contribution in [0.25, 0.3) is 0 Å². The van der Waals surface area contributed by atoms with E-state index in [0.29, 0.717) is 24.4 Å². The number of allylic oxidation sites excluding steroid dienone is 1. The number of ether oxygens (including phenoxy) is 2. The number of hydrogen-bond donors (Lipinski definition) is 2. The molecule has 0 fully saturated rings. The summed E-state index contributed by atoms with van der Waals surface area (Å²) in [5.41, 5.74) is 1.34. The summed E-state index contributed by atoms with van der Waals surface area (Å²) in [6.45, 7) is 5.97. The van der Waals surface area contributed by atoms with Gasteiger partial charge in [-0.2, -0.15) is 0 Å². The maximum atomic E-state index is 11.5. The molecule has 0 aliphatic rings. The van der Waals surface area contributed by atoms with Gasteiger partial charge in [0.1, 0.15) is 12.4 Å². The Labute approximate surface area is 137 Å². The highest BCUT2D eigenvalue weighted by atomic mass is 16.5. The first-order chi connectivity index (χ1) is 11.0. The summed E-state index contributed by atoms with van der Waals surface area (Å²) >= 11 is 0. The zero-order valence-electron chi connectivity index (χ0n) is 14.0. The van der Waals surface area contributed by atoms with Crippen LogP contribution < -0.4 is 4.74 Å². The van der Waals surface area contributed by atoms with E-state index in [1.165, 1.54) is 0 Å². The molecule has 0 aromatic heterocycles. The quantitative estimate of drug-likeness (QED) is 0.540. The van der Waals surface area contributed by atoms with Crippen LogP contribution in [0.1, 0.15) is 38.9 Å². The molecule has 1 rings (SSSR count). The van der Waals surface area contributed by atoms with Crippen LogP contribution in [0.15, 0.2) is 35.9 Å². The van der Waals surface area contributed by atoms with Crippen molar-refractivity contribution in [3.05, 3.63) is 41.5 Å². The van der Waals surface area contributed by atoms with E-state index in [0.717, 1.165) is 5.56 Å². The fraction of sp³-hybridized carbons (Fsp3) is 0.500. The Morgan fingerprint density at radius 2 is 1.96 bits per heavy atom. The Hall–Kier alpha value is -1.85. The summed E-state index contributed by atoms with van der Waals surface area (Å²) < 4.78 is 10.2. The van der Waals surface area contributed by atoms with Crippen molar-refractivity contribution in [2.24, 2.45) is 5.92 Å². The monoisotopic (exact) mass is 322 g/mol. The van der Waals surface area contributed by atoms with E-state index in [1.807, 2.05) is 6.92 Å². The summed E-state index contributed by atoms with van der Waals surface area (Å²) in [5, 5.41) is 19.1. The summed E-state index contributed by atoms with van der Waals surface area (Å²) in [4.78, 5) is 11.5. The van der Waals surface area contributed by atoms with Gasteiger partial charge >= 0.3 is 5.97 Å². The summed E-state index contributed by atoms with van der Waals surface area (Å²) in [6.07, 6.45) is 1.74. The van der Waals surface area contributed by atoms with Crippen LogP contribution >= 0.6 is 0 Å². The standard InChI is InChI=1S/C18H26O5/c1-4-22-18(21)14(3)6-5-13(2)17(20)15-7-9-16(10-8-15)23-12-11-19/h6-10,13,17,19-20H,4-5,11-12H2,1-3H3/b14-6+/t13-,17+/m0/s1. The first kappa shape index (κ1) is 19.2. The van der Waals surface area contributed by atoms with Gasteiger partial charge < -0.3 is 19.7 Å². The van der Waals surface area contributed by atoms with Gasteiger partial charge in [0.15, 0.2) is 0 Å². The smallest absolute Gasteiger partial charge is 0.333 e. The SMILES string of the molecule is CCOC(=O)/C(C)=C/C[C@H](C)[C@@H](O)c1ccc(OCCO)cc1. The Morgan fingerprint density at radius 1 is 1.30 bits per heavy atom. The molecule has 5 nitrogen and oxygen atoms in total. The molecule has 0 unspecified atom stereocenters. The van der Waals surface area contributed by atoms with Crippen LogP contribution in [0.5, 0.6) is 5.75 Å². The van der Waals surface area contributed by atoms with Gasteiger partial charge in [0.2, 0.25) is 0 Å². The number of carbonyl (C=O) groups is 1. The average Bonchev–Trinajstić information content (AvgIpc) is 2.57. The van der Waals surface area contributed by atoms with E-state index in [2.05, 4.69) is 0 Å². The van der Waals surface area contributed by atoms with Crippen molar-refractivity contribution in [3.63, 3.8) is 0 Å². The van der Waals surface area contributed by atoms with Gasteiger partial charge in [-0.3, -0.25) is 0 Å². The largest absolute Gasteiger partial charge is 0.491 e. The Bertz CT molecular complexity index is 507. The maximum absolute atomic E-state index is 11.5. The lowest BCUT2D eigenvalue weighted by Crippen LogP contribution is -2.10. The zero-order chi connectivity index (χ0) is 17.2. The highest BCUT2D eigenvalue weighted by molar-refractivity contribution is 5.87. The molecule has 0 saturated heterocycles. The second kappa shape index (κ2) is 10.0. The normalized spacial score (nSPS) is 14.2. The molecule has 0 aliphatic carbocycles. The zero-order valence-corrected chi connectivity index (χ0v) is 14.0. The van der Waals surface area contributed by atoms with E-state index >= 15 is 0 Å². The molecule has 1 aromatic carbocycles. The van der Waals surface area contributed by atoms with Crippen LogP contribution in [-0.4, -0.2) is 36.0 Å². The second-order valence-corrected chi connectivity index (χ2v) is 5.41. The lowest BCUT2D eigenvalue weighted by molar-refractivity contribution is -0.138. The van der Waals surface area contributed by atoms with Crippen molar-refractivity contribution < 1.29 is 24.5 Å². The number of aliphatic hydroxyl groups excluding tert-OH is 2. The van der Waals surface area contributed by atoms with Crippen LogP contribution in [-0.2, 0) is 9.53 Å². The van der Waals surface area contributed by atoms with Gasteiger partial charge in [0.25, 0.3) is 0 Å². The first-order valence-electron chi connectivity index (χ1n) is 7.85. The van der Waals surface area contributed by atoms with Gasteiger partial charge in [-0.15, -0.1) is 0 Å². The summed E-state index contributed by atoms with van der Waals surface area (Å²) in [6, 6.07) is 7.13. The minimum atomic E-state index is -0.631. The molecule has 5 heteroatoms.